The Bertz CT molecular complexity index is 1060. The third-order valence-electron chi connectivity index (χ3n) is 6.59. The van der Waals surface area contributed by atoms with E-state index in [0.717, 1.165) is 61.6 Å². The molecule has 3 N–H and O–H groups in total. The first-order valence-corrected chi connectivity index (χ1v) is 11.2. The van der Waals surface area contributed by atoms with E-state index in [0.29, 0.717) is 19.1 Å². The van der Waals surface area contributed by atoms with Gasteiger partial charge in [0.05, 0.1) is 23.6 Å². The summed E-state index contributed by atoms with van der Waals surface area (Å²) >= 11 is 0. The Hall–Kier alpha value is -3.06. The molecule has 1 aromatic heterocycles. The van der Waals surface area contributed by atoms with Gasteiger partial charge in [-0.15, -0.1) is 0 Å². The number of anilines is 4. The van der Waals surface area contributed by atoms with Gasteiger partial charge in [0.25, 0.3) is 0 Å². The molecular formula is C24H30N6O. The van der Waals surface area contributed by atoms with E-state index in [2.05, 4.69) is 73.7 Å². The second-order valence-electron chi connectivity index (χ2n) is 8.39. The van der Waals surface area contributed by atoms with Crippen LogP contribution in [0.15, 0.2) is 42.7 Å². The van der Waals surface area contributed by atoms with Gasteiger partial charge in [-0.3, -0.25) is 0 Å². The monoisotopic (exact) mass is 418 g/mol. The van der Waals surface area contributed by atoms with Gasteiger partial charge in [0.2, 0.25) is 0 Å². The summed E-state index contributed by atoms with van der Waals surface area (Å²) in [6, 6.07) is 12.9. The summed E-state index contributed by atoms with van der Waals surface area (Å²) in [6.07, 6.45) is 3.73. The molecule has 2 aromatic carbocycles. The van der Waals surface area contributed by atoms with Crippen molar-refractivity contribution >= 4 is 33.8 Å². The van der Waals surface area contributed by atoms with E-state index in [1.807, 2.05) is 0 Å². The third-order valence-corrected chi connectivity index (χ3v) is 6.59. The molecule has 31 heavy (non-hydrogen) atoms. The van der Waals surface area contributed by atoms with Gasteiger partial charge in [0.15, 0.2) is 0 Å². The van der Waals surface area contributed by atoms with Crippen LogP contribution < -0.4 is 20.4 Å². The van der Waals surface area contributed by atoms with Gasteiger partial charge in [0, 0.05) is 43.9 Å². The van der Waals surface area contributed by atoms with Crippen LogP contribution in [0.1, 0.15) is 25.3 Å². The number of nitrogens with one attached hydrogen (secondary N) is 2. The highest BCUT2D eigenvalue weighted by molar-refractivity contribution is 5.97. The normalized spacial score (nSPS) is 16.5. The minimum Gasteiger partial charge on any atom is -0.396 e. The van der Waals surface area contributed by atoms with Gasteiger partial charge in [-0.25, -0.2) is 9.97 Å². The molecule has 5 rings (SSSR count). The maximum absolute atomic E-state index is 9.44. The van der Waals surface area contributed by atoms with Crippen LogP contribution in [0.2, 0.25) is 0 Å². The quantitative estimate of drug-likeness (QED) is 0.564. The molecule has 3 heterocycles. The van der Waals surface area contributed by atoms with E-state index in [1.54, 1.807) is 6.33 Å². The molecule has 0 saturated carbocycles. The molecule has 2 aliphatic rings. The zero-order valence-electron chi connectivity index (χ0n) is 18.0. The number of aromatic nitrogens is 2. The fourth-order valence-electron chi connectivity index (χ4n) is 4.69. The molecule has 0 amide bonds. The van der Waals surface area contributed by atoms with Crippen LogP contribution in [-0.4, -0.2) is 48.0 Å². The lowest BCUT2D eigenvalue weighted by Crippen LogP contribution is -2.35. The van der Waals surface area contributed by atoms with E-state index in [9.17, 15) is 5.11 Å². The van der Waals surface area contributed by atoms with E-state index in [1.165, 1.54) is 16.9 Å². The second kappa shape index (κ2) is 8.59. The summed E-state index contributed by atoms with van der Waals surface area (Å²) < 4.78 is 0. The number of hydrogen-bond acceptors (Lipinski definition) is 7. The Balaban J connectivity index is 1.37. The average Bonchev–Trinajstić information content (AvgIpc) is 3.23. The van der Waals surface area contributed by atoms with Crippen molar-refractivity contribution in [3.8, 4) is 0 Å². The number of hydrogen-bond donors (Lipinski definition) is 3. The predicted molar refractivity (Wildman–Crippen MR) is 127 cm³/mol. The van der Waals surface area contributed by atoms with Crippen molar-refractivity contribution in [1.82, 2.24) is 9.97 Å². The molecule has 1 fully saturated rings. The van der Waals surface area contributed by atoms with Crippen LogP contribution in [0.4, 0.5) is 22.9 Å². The maximum atomic E-state index is 9.44. The third kappa shape index (κ3) is 3.85. The van der Waals surface area contributed by atoms with Crippen molar-refractivity contribution in [3.05, 3.63) is 48.3 Å². The Morgan fingerprint density at radius 1 is 1.13 bits per heavy atom. The Labute approximate surface area is 183 Å². The standard InChI is InChI=1S/C24H30N6O/c1-2-29-16-28-21-11-19-20(12-23(21)29)26-15-27-24(19)25-13-18-5-3-4-6-22(18)30-9-7-17(14-31)8-10-30/h3-6,11-12,15,17,28,31H,2,7-10,13-14,16H2,1H3,(H,25,26,27). The van der Waals surface area contributed by atoms with Crippen molar-refractivity contribution in [2.24, 2.45) is 5.92 Å². The summed E-state index contributed by atoms with van der Waals surface area (Å²) in [5.74, 6) is 1.30. The number of aliphatic hydroxyl groups is 1. The summed E-state index contributed by atoms with van der Waals surface area (Å²) in [4.78, 5) is 13.8. The lowest BCUT2D eigenvalue weighted by Gasteiger charge is -2.34. The van der Waals surface area contributed by atoms with Crippen LogP contribution in [-0.2, 0) is 6.54 Å². The zero-order valence-corrected chi connectivity index (χ0v) is 18.0. The SMILES string of the molecule is CCN1CNc2cc3c(NCc4ccccc4N4CCC(CO)CC4)ncnc3cc21. The number of aliphatic hydroxyl groups excluding tert-OH is 1. The Morgan fingerprint density at radius 2 is 1.97 bits per heavy atom. The van der Waals surface area contributed by atoms with Gasteiger partial charge in [-0.05, 0) is 49.4 Å². The maximum Gasteiger partial charge on any atom is 0.137 e. The molecule has 0 unspecified atom stereocenters. The minimum absolute atomic E-state index is 0.298. The first-order chi connectivity index (χ1) is 15.3. The fraction of sp³-hybridized carbons (Fsp3) is 0.417. The lowest BCUT2D eigenvalue weighted by molar-refractivity contribution is 0.203. The first-order valence-electron chi connectivity index (χ1n) is 11.2. The predicted octanol–water partition coefficient (Wildman–Crippen LogP) is 3.66. The number of benzene rings is 2. The number of para-hydroxylation sites is 1. The largest absolute Gasteiger partial charge is 0.396 e. The number of fused-ring (bicyclic) bond motifs is 2. The lowest BCUT2D eigenvalue weighted by atomic mass is 9.97. The van der Waals surface area contributed by atoms with Crippen molar-refractivity contribution in [2.45, 2.75) is 26.3 Å². The van der Waals surface area contributed by atoms with Gasteiger partial charge in [0.1, 0.15) is 12.1 Å². The Kier molecular flexibility index (Phi) is 5.51. The van der Waals surface area contributed by atoms with E-state index >= 15 is 0 Å². The van der Waals surface area contributed by atoms with Gasteiger partial charge in [-0.2, -0.15) is 0 Å². The molecule has 7 nitrogen and oxygen atoms in total. The molecule has 0 spiro atoms. The highest BCUT2D eigenvalue weighted by Gasteiger charge is 2.21. The summed E-state index contributed by atoms with van der Waals surface area (Å²) in [7, 11) is 0. The fourth-order valence-corrected chi connectivity index (χ4v) is 4.69. The molecular weight excluding hydrogens is 388 g/mol. The van der Waals surface area contributed by atoms with Crippen LogP contribution in [0.25, 0.3) is 10.9 Å². The van der Waals surface area contributed by atoms with Crippen LogP contribution >= 0.6 is 0 Å². The van der Waals surface area contributed by atoms with E-state index in [-0.39, 0.29) is 0 Å². The number of piperidine rings is 1. The molecule has 7 heteroatoms. The van der Waals surface area contributed by atoms with Crippen molar-refractivity contribution in [1.29, 1.82) is 0 Å². The molecule has 162 valence electrons. The first kappa shape index (κ1) is 19.9. The molecule has 1 saturated heterocycles. The van der Waals surface area contributed by atoms with Crippen molar-refractivity contribution < 1.29 is 5.11 Å². The van der Waals surface area contributed by atoms with Gasteiger partial charge < -0.3 is 25.5 Å². The minimum atomic E-state index is 0.298. The number of nitrogens with zero attached hydrogens (tertiary/aromatic N) is 4. The molecule has 3 aromatic rings. The van der Waals surface area contributed by atoms with E-state index < -0.39 is 0 Å². The number of rotatable bonds is 6. The highest BCUT2D eigenvalue weighted by Crippen LogP contribution is 2.36. The molecule has 0 aliphatic carbocycles. The smallest absolute Gasteiger partial charge is 0.137 e. The topological polar surface area (TPSA) is 76.5 Å². The average molecular weight is 419 g/mol. The molecule has 2 aliphatic heterocycles. The summed E-state index contributed by atoms with van der Waals surface area (Å²) in [5.41, 5.74) is 5.83. The molecule has 0 bridgehead atoms. The molecule has 0 radical (unpaired) electrons. The molecule has 0 atom stereocenters. The van der Waals surface area contributed by atoms with Crippen molar-refractivity contribution in [2.75, 3.05) is 53.3 Å². The highest BCUT2D eigenvalue weighted by atomic mass is 16.3. The van der Waals surface area contributed by atoms with Crippen LogP contribution in [0.3, 0.4) is 0 Å². The van der Waals surface area contributed by atoms with Crippen LogP contribution in [0.5, 0.6) is 0 Å². The van der Waals surface area contributed by atoms with E-state index in [4.69, 9.17) is 0 Å². The Morgan fingerprint density at radius 3 is 2.77 bits per heavy atom. The summed E-state index contributed by atoms with van der Waals surface area (Å²) in [5, 5.41) is 17.5. The van der Waals surface area contributed by atoms with Crippen LogP contribution in [0, 0.1) is 5.92 Å². The summed E-state index contributed by atoms with van der Waals surface area (Å²) in [6.45, 7) is 6.94. The second-order valence-corrected chi connectivity index (χ2v) is 8.39. The van der Waals surface area contributed by atoms with Crippen molar-refractivity contribution in [3.63, 3.8) is 0 Å². The zero-order chi connectivity index (χ0) is 21.2. The van der Waals surface area contributed by atoms with Gasteiger partial charge >= 0.3 is 0 Å². The van der Waals surface area contributed by atoms with Gasteiger partial charge in [-0.1, -0.05) is 18.2 Å².